The molecule has 2 bridgehead atoms. The number of aryl methyl sites for hydroxylation is 1. The van der Waals surface area contributed by atoms with Gasteiger partial charge in [-0.1, -0.05) is 94.1 Å². The number of carbonyl (C=O) groups excluding carboxylic acids is 1. The normalized spacial score (nSPS) is 25.7. The van der Waals surface area contributed by atoms with Crippen molar-refractivity contribution in [1.82, 2.24) is 14.9 Å². The maximum atomic E-state index is 14.0. The molecule has 4 aromatic rings. The van der Waals surface area contributed by atoms with Gasteiger partial charge in [0.15, 0.2) is 17.7 Å². The molecule has 2 aromatic heterocycles. The van der Waals surface area contributed by atoms with Gasteiger partial charge in [0, 0.05) is 48.7 Å². The van der Waals surface area contributed by atoms with Crippen molar-refractivity contribution in [1.29, 1.82) is 0 Å². The summed E-state index contributed by atoms with van der Waals surface area (Å²) in [6.07, 6.45) is 25.7. The summed E-state index contributed by atoms with van der Waals surface area (Å²) in [4.78, 5) is 17.5. The smallest absolute Gasteiger partial charge is 0.191 e. The number of rotatable bonds is 10. The minimum atomic E-state index is -1.05. The van der Waals surface area contributed by atoms with E-state index in [-0.39, 0.29) is 23.8 Å². The highest BCUT2D eigenvalue weighted by Crippen LogP contribution is 2.50. The predicted molar refractivity (Wildman–Crippen MR) is 234 cm³/mol. The number of aliphatic hydroxyl groups is 2. The van der Waals surface area contributed by atoms with Gasteiger partial charge in [-0.2, -0.15) is 0 Å². The Morgan fingerprint density at radius 2 is 1.92 bits per heavy atom. The average Bonchev–Trinajstić information content (AvgIpc) is 4.00. The van der Waals surface area contributed by atoms with E-state index in [0.29, 0.717) is 43.1 Å². The number of carbonyl (C=O) groups is 1. The molecule has 0 radical (unpaired) electrons. The number of aromatic nitrogens is 2. The highest BCUT2D eigenvalue weighted by atomic mass is 16.5. The number of ketones is 1. The number of hydrogen-bond acceptors (Lipinski definition) is 7. The Labute approximate surface area is 353 Å². The van der Waals surface area contributed by atoms with E-state index in [1.807, 2.05) is 42.6 Å². The zero-order valence-electron chi connectivity index (χ0n) is 34.9. The number of Topliss-reactive ketones (excluding diaryl/α,β-unsaturated/α-hetero) is 1. The van der Waals surface area contributed by atoms with Gasteiger partial charge in [-0.05, 0) is 102 Å². The lowest BCUT2D eigenvalue weighted by Crippen LogP contribution is -2.36. The fraction of sp³-hybridized carbons (Fsp3) is 0.471. The van der Waals surface area contributed by atoms with Crippen molar-refractivity contribution >= 4 is 22.8 Å². The Morgan fingerprint density at radius 1 is 1.07 bits per heavy atom. The Balaban J connectivity index is 1.06. The fourth-order valence-corrected chi connectivity index (χ4v) is 10.4. The van der Waals surface area contributed by atoms with E-state index in [2.05, 4.69) is 83.3 Å². The number of nitrogens with one attached hydrogen (secondary N) is 2. The maximum absolute atomic E-state index is 14.0. The van der Waals surface area contributed by atoms with E-state index >= 15 is 0 Å². The Kier molecular flexibility index (Phi) is 11.4. The minimum absolute atomic E-state index is 0.0144. The molecule has 60 heavy (non-hydrogen) atoms. The number of H-pyrrole nitrogens is 1. The molecule has 9 rings (SSSR count). The molecule has 1 saturated carbocycles. The van der Waals surface area contributed by atoms with Gasteiger partial charge in [0.1, 0.15) is 24.2 Å². The third kappa shape index (κ3) is 7.80. The fourth-order valence-electron chi connectivity index (χ4n) is 10.4. The van der Waals surface area contributed by atoms with E-state index in [9.17, 15) is 15.0 Å². The van der Waals surface area contributed by atoms with Crippen LogP contribution in [0.4, 0.5) is 0 Å². The van der Waals surface area contributed by atoms with Crippen molar-refractivity contribution in [3.05, 3.63) is 101 Å². The zero-order valence-corrected chi connectivity index (χ0v) is 34.9. The van der Waals surface area contributed by atoms with E-state index < -0.39 is 29.8 Å². The van der Waals surface area contributed by atoms with Crippen molar-refractivity contribution in [2.75, 3.05) is 0 Å². The molecule has 0 amide bonds. The summed E-state index contributed by atoms with van der Waals surface area (Å²) in [6.45, 7) is 4.37. The highest BCUT2D eigenvalue weighted by molar-refractivity contribution is 5.84. The van der Waals surface area contributed by atoms with Gasteiger partial charge in [0.05, 0.1) is 23.0 Å². The molecule has 8 atom stereocenters. The molecule has 1 fully saturated rings. The molecule has 2 aliphatic carbocycles. The Bertz CT molecular complexity index is 2430. The van der Waals surface area contributed by atoms with Gasteiger partial charge in [-0.15, -0.1) is 0 Å². The number of nitrogens with two attached hydrogens (primary N) is 1. The second-order valence-corrected chi connectivity index (χ2v) is 18.0. The lowest BCUT2D eigenvalue weighted by molar-refractivity contribution is -0.127. The average molecular weight is 807 g/mol. The van der Waals surface area contributed by atoms with Gasteiger partial charge in [-0.3, -0.25) is 4.79 Å². The second-order valence-electron chi connectivity index (χ2n) is 18.0. The van der Waals surface area contributed by atoms with Crippen molar-refractivity contribution < 1.29 is 24.5 Å². The SMILES string of the molecule is CCCCC[C@H](C(=O)CCc1ccc2c(c1)O[C@H]1[C@H](C#C[C@H](O)c3ccc4c(c3Cc3c[nH]c5cn1cc35)C=CN[C@@H]4N)C1(C#CO2)CCCC1)[C@H](O)[C@H]1C=C[C@H](C)CC1. The summed E-state index contributed by atoms with van der Waals surface area (Å²) in [5.41, 5.74) is 12.7. The standard InChI is InChI=1S/C51H58N4O5/c1-3-4-5-8-39(48(58)34-13-9-32(2)10-14-34)45(57)18-11-33-12-20-46-47(27-33)60-50-42(51(24-26-59-46)22-6-7-23-51)17-19-44(56)37-15-16-38-36(21-25-53-49(38)52)40(37)28-35-29-54-43-31-55(50)30-41(35)43/h9,12-13,15-16,20-21,25,27,29-32,34,39,42,44,48-50,53-54,56,58H,3-8,10-11,14,18,22-23,28,52H2,1-2H3/t32-,34-,39+,42-,44-,48+,49-,50-/m0/s1. The summed E-state index contributed by atoms with van der Waals surface area (Å²) in [5, 5.41) is 27.8. The van der Waals surface area contributed by atoms with Crippen LogP contribution in [0.3, 0.4) is 0 Å². The third-order valence-corrected chi connectivity index (χ3v) is 14.0. The predicted octanol–water partition coefficient (Wildman–Crippen LogP) is 8.91. The lowest BCUT2D eigenvalue weighted by Gasteiger charge is -2.35. The number of allylic oxidation sites excluding steroid dienone is 1. The summed E-state index contributed by atoms with van der Waals surface area (Å²) >= 11 is 0. The molecule has 2 aromatic carbocycles. The number of unbranched alkanes of at least 4 members (excludes halogenated alkanes) is 2. The highest BCUT2D eigenvalue weighted by Gasteiger charge is 2.46. The van der Waals surface area contributed by atoms with Crippen LogP contribution in [0.2, 0.25) is 0 Å². The summed E-state index contributed by atoms with van der Waals surface area (Å²) < 4.78 is 15.5. The first-order valence-electron chi connectivity index (χ1n) is 22.3. The molecule has 1 spiro atoms. The van der Waals surface area contributed by atoms with E-state index in [4.69, 9.17) is 15.2 Å². The van der Waals surface area contributed by atoms with Crippen molar-refractivity contribution in [2.24, 2.45) is 34.8 Å². The van der Waals surface area contributed by atoms with Gasteiger partial charge < -0.3 is 40.3 Å². The molecule has 5 aliphatic rings. The number of hydrogen-bond donors (Lipinski definition) is 5. The summed E-state index contributed by atoms with van der Waals surface area (Å²) in [5.74, 6) is 11.3. The first-order chi connectivity index (χ1) is 29.2. The van der Waals surface area contributed by atoms with Crippen LogP contribution in [0.25, 0.3) is 17.0 Å². The van der Waals surface area contributed by atoms with Crippen LogP contribution in [-0.2, 0) is 17.6 Å². The topological polar surface area (TPSA) is 135 Å². The van der Waals surface area contributed by atoms with Gasteiger partial charge in [0.2, 0.25) is 0 Å². The van der Waals surface area contributed by atoms with Crippen LogP contribution in [0.5, 0.6) is 11.5 Å². The summed E-state index contributed by atoms with van der Waals surface area (Å²) in [6, 6.07) is 9.82. The molecule has 312 valence electrons. The van der Waals surface area contributed by atoms with Crippen LogP contribution in [0.1, 0.15) is 136 Å². The largest absolute Gasteiger partial charge is 0.465 e. The molecular formula is C51H58N4O5. The van der Waals surface area contributed by atoms with E-state index in [1.165, 1.54) is 0 Å². The molecule has 0 saturated heterocycles. The van der Waals surface area contributed by atoms with Crippen LogP contribution in [0, 0.1) is 53.0 Å². The van der Waals surface area contributed by atoms with Crippen molar-refractivity contribution in [2.45, 2.75) is 122 Å². The van der Waals surface area contributed by atoms with Gasteiger partial charge in [-0.25, -0.2) is 0 Å². The molecule has 9 heteroatoms. The molecular weight excluding hydrogens is 749 g/mol. The monoisotopic (exact) mass is 806 g/mol. The lowest BCUT2D eigenvalue weighted by atomic mass is 9.73. The Hall–Kier alpha value is -5.19. The van der Waals surface area contributed by atoms with Gasteiger partial charge >= 0.3 is 0 Å². The van der Waals surface area contributed by atoms with Crippen molar-refractivity contribution in [3.63, 3.8) is 0 Å². The van der Waals surface area contributed by atoms with Crippen LogP contribution in [0.15, 0.2) is 67.3 Å². The molecule has 9 nitrogen and oxygen atoms in total. The van der Waals surface area contributed by atoms with Crippen LogP contribution in [-0.4, -0.2) is 31.7 Å². The van der Waals surface area contributed by atoms with Gasteiger partial charge in [0.25, 0.3) is 0 Å². The first kappa shape index (κ1) is 40.2. The van der Waals surface area contributed by atoms with Crippen LogP contribution >= 0.6 is 0 Å². The third-order valence-electron chi connectivity index (χ3n) is 14.0. The molecule has 3 aliphatic heterocycles. The second kappa shape index (κ2) is 17.1. The van der Waals surface area contributed by atoms with Crippen LogP contribution < -0.4 is 20.5 Å². The van der Waals surface area contributed by atoms with Crippen molar-refractivity contribution in [3.8, 4) is 35.4 Å². The molecule has 6 N–H and O–H groups in total. The number of nitrogens with zero attached hydrogens (tertiary/aromatic N) is 1. The number of fused-ring (bicyclic) bond motifs is 8. The van der Waals surface area contributed by atoms with E-state index in [0.717, 1.165) is 102 Å². The maximum Gasteiger partial charge on any atom is 0.191 e. The first-order valence-corrected chi connectivity index (χ1v) is 22.3. The minimum Gasteiger partial charge on any atom is -0.465 e. The number of aliphatic hydroxyl groups excluding tert-OH is 2. The number of aromatic amines is 1. The summed E-state index contributed by atoms with van der Waals surface area (Å²) in [7, 11) is 0. The molecule has 0 unspecified atom stereocenters. The quantitative estimate of drug-likeness (QED) is 0.0614. The Morgan fingerprint density at radius 3 is 2.73 bits per heavy atom. The van der Waals surface area contributed by atoms with E-state index in [1.54, 1.807) is 0 Å². The number of benzene rings is 2. The number of ether oxygens (including phenoxy) is 2. The zero-order chi connectivity index (χ0) is 41.4. The molecule has 5 heterocycles.